The Balaban J connectivity index is 1.82. The summed E-state index contributed by atoms with van der Waals surface area (Å²) < 4.78 is 0. The first-order valence-electron chi connectivity index (χ1n) is 7.67. The highest BCUT2D eigenvalue weighted by Crippen LogP contribution is 2.66. The van der Waals surface area contributed by atoms with Gasteiger partial charge in [0, 0.05) is 12.0 Å². The first kappa shape index (κ1) is 12.5. The summed E-state index contributed by atoms with van der Waals surface area (Å²) in [5, 5.41) is 3.44. The van der Waals surface area contributed by atoms with Crippen LogP contribution in [-0.4, -0.2) is 11.4 Å². The topological polar surface area (TPSA) is 29.1 Å². The predicted molar refractivity (Wildman–Crippen MR) is 73.2 cm³/mol. The molecule has 4 bridgehead atoms. The van der Waals surface area contributed by atoms with E-state index < -0.39 is 0 Å². The number of amides is 1. The second-order valence-electron chi connectivity index (χ2n) is 8.21. The van der Waals surface area contributed by atoms with Gasteiger partial charge in [-0.25, -0.2) is 0 Å². The Labute approximate surface area is 111 Å². The van der Waals surface area contributed by atoms with Gasteiger partial charge in [-0.3, -0.25) is 4.79 Å². The molecule has 0 saturated heterocycles. The lowest BCUT2D eigenvalue weighted by atomic mass is 9.43. The number of rotatable bonds is 3. The Morgan fingerprint density at radius 2 is 1.72 bits per heavy atom. The zero-order chi connectivity index (χ0) is 13.0. The van der Waals surface area contributed by atoms with Crippen molar-refractivity contribution in [2.45, 2.75) is 77.7 Å². The molecule has 102 valence electrons. The first-order chi connectivity index (χ1) is 8.36. The Morgan fingerprint density at radius 3 is 2.22 bits per heavy atom. The van der Waals surface area contributed by atoms with Crippen molar-refractivity contribution in [1.82, 2.24) is 5.32 Å². The molecule has 0 aliphatic heterocycles. The lowest BCUT2D eigenvalue weighted by Crippen LogP contribution is -2.65. The third-order valence-electron chi connectivity index (χ3n) is 5.51. The minimum Gasteiger partial charge on any atom is -0.351 e. The Morgan fingerprint density at radius 1 is 1.11 bits per heavy atom. The molecule has 0 heterocycles. The quantitative estimate of drug-likeness (QED) is 0.812. The molecule has 18 heavy (non-hydrogen) atoms. The number of hydrogen-bond donors (Lipinski definition) is 1. The van der Waals surface area contributed by atoms with E-state index in [1.54, 1.807) is 0 Å². The summed E-state index contributed by atoms with van der Waals surface area (Å²) in [6.45, 7) is 6.99. The standard InChI is InChI=1S/C16H27NO/c1-4-5-13(18)17-16-8-12-6-14(2,10-16)9-15(3,7-12)11-16/h12H,4-11H2,1-3H3,(H,17,18). The molecule has 4 rings (SSSR count). The van der Waals surface area contributed by atoms with Gasteiger partial charge in [0.05, 0.1) is 0 Å². The Bertz CT molecular complexity index is 357. The van der Waals surface area contributed by atoms with Crippen LogP contribution in [0.1, 0.15) is 72.1 Å². The average molecular weight is 249 g/mol. The molecule has 0 spiro atoms. The van der Waals surface area contributed by atoms with Crippen LogP contribution in [0, 0.1) is 16.7 Å². The maximum absolute atomic E-state index is 12.0. The molecule has 2 unspecified atom stereocenters. The van der Waals surface area contributed by atoms with E-state index in [-0.39, 0.29) is 11.4 Å². The normalized spacial score (nSPS) is 49.4. The van der Waals surface area contributed by atoms with Gasteiger partial charge in [0.1, 0.15) is 0 Å². The van der Waals surface area contributed by atoms with E-state index in [4.69, 9.17) is 0 Å². The van der Waals surface area contributed by atoms with Gasteiger partial charge in [-0.05, 0) is 61.7 Å². The van der Waals surface area contributed by atoms with Crippen LogP contribution >= 0.6 is 0 Å². The fourth-order valence-electron chi connectivity index (χ4n) is 6.17. The van der Waals surface area contributed by atoms with Crippen molar-refractivity contribution in [1.29, 1.82) is 0 Å². The maximum atomic E-state index is 12.0. The summed E-state index contributed by atoms with van der Waals surface area (Å²) in [5.74, 6) is 1.14. The fraction of sp³-hybridized carbons (Fsp3) is 0.938. The van der Waals surface area contributed by atoms with E-state index in [1.165, 1.54) is 38.5 Å². The van der Waals surface area contributed by atoms with E-state index in [0.29, 0.717) is 17.3 Å². The summed E-state index contributed by atoms with van der Waals surface area (Å²) in [7, 11) is 0. The molecule has 2 nitrogen and oxygen atoms in total. The van der Waals surface area contributed by atoms with Crippen LogP contribution in [0.5, 0.6) is 0 Å². The van der Waals surface area contributed by atoms with Gasteiger partial charge in [0.15, 0.2) is 0 Å². The number of nitrogens with one attached hydrogen (secondary N) is 1. The molecule has 0 aromatic carbocycles. The smallest absolute Gasteiger partial charge is 0.220 e. The van der Waals surface area contributed by atoms with E-state index in [1.807, 2.05) is 0 Å². The number of carbonyl (C=O) groups is 1. The number of hydrogen-bond acceptors (Lipinski definition) is 1. The van der Waals surface area contributed by atoms with Crippen LogP contribution < -0.4 is 5.32 Å². The van der Waals surface area contributed by atoms with Gasteiger partial charge in [-0.2, -0.15) is 0 Å². The molecule has 2 heteroatoms. The molecule has 4 fully saturated rings. The van der Waals surface area contributed by atoms with Crippen molar-refractivity contribution < 1.29 is 4.79 Å². The van der Waals surface area contributed by atoms with Crippen LogP contribution in [0.4, 0.5) is 0 Å². The highest BCUT2D eigenvalue weighted by molar-refractivity contribution is 5.76. The molecule has 2 atom stereocenters. The first-order valence-corrected chi connectivity index (χ1v) is 7.67. The van der Waals surface area contributed by atoms with Crippen molar-refractivity contribution in [2.24, 2.45) is 16.7 Å². The zero-order valence-corrected chi connectivity index (χ0v) is 12.1. The highest BCUT2D eigenvalue weighted by atomic mass is 16.1. The third kappa shape index (κ3) is 1.98. The molecule has 0 radical (unpaired) electrons. The van der Waals surface area contributed by atoms with E-state index >= 15 is 0 Å². The van der Waals surface area contributed by atoms with Crippen LogP contribution in [0.25, 0.3) is 0 Å². The molecule has 4 saturated carbocycles. The summed E-state index contributed by atoms with van der Waals surface area (Å²) in [4.78, 5) is 12.0. The average Bonchev–Trinajstić information content (AvgIpc) is 2.09. The lowest BCUT2D eigenvalue weighted by Gasteiger charge is -2.65. The molecular weight excluding hydrogens is 222 g/mol. The minimum atomic E-state index is 0.148. The third-order valence-corrected chi connectivity index (χ3v) is 5.51. The predicted octanol–water partition coefficient (Wildman–Crippen LogP) is 3.65. The van der Waals surface area contributed by atoms with E-state index in [0.717, 1.165) is 12.3 Å². The molecule has 0 aromatic rings. The Hall–Kier alpha value is -0.530. The SMILES string of the molecule is CCCC(=O)NC12CC3CC(C)(CC(C)(C3)C1)C2. The molecule has 4 aliphatic carbocycles. The number of carbonyl (C=O) groups excluding carboxylic acids is 1. The Kier molecular flexibility index (Phi) is 2.60. The van der Waals surface area contributed by atoms with Gasteiger partial charge >= 0.3 is 0 Å². The van der Waals surface area contributed by atoms with Crippen LogP contribution in [0.15, 0.2) is 0 Å². The molecule has 4 aliphatic rings. The van der Waals surface area contributed by atoms with E-state index in [9.17, 15) is 4.79 Å². The minimum absolute atomic E-state index is 0.148. The summed E-state index contributed by atoms with van der Waals surface area (Å²) >= 11 is 0. The van der Waals surface area contributed by atoms with Gasteiger partial charge in [0.2, 0.25) is 5.91 Å². The van der Waals surface area contributed by atoms with Gasteiger partial charge in [0.25, 0.3) is 0 Å². The van der Waals surface area contributed by atoms with Crippen LogP contribution in [0.2, 0.25) is 0 Å². The van der Waals surface area contributed by atoms with Crippen LogP contribution in [0.3, 0.4) is 0 Å². The van der Waals surface area contributed by atoms with Gasteiger partial charge in [-0.15, -0.1) is 0 Å². The lowest BCUT2D eigenvalue weighted by molar-refractivity contribution is -0.139. The van der Waals surface area contributed by atoms with E-state index in [2.05, 4.69) is 26.1 Å². The fourth-order valence-corrected chi connectivity index (χ4v) is 6.17. The highest BCUT2D eigenvalue weighted by Gasteiger charge is 2.60. The second-order valence-corrected chi connectivity index (χ2v) is 8.21. The summed E-state index contributed by atoms with van der Waals surface area (Å²) in [6, 6.07) is 0. The van der Waals surface area contributed by atoms with Crippen LogP contribution in [-0.2, 0) is 4.79 Å². The van der Waals surface area contributed by atoms with Crippen molar-refractivity contribution in [2.75, 3.05) is 0 Å². The maximum Gasteiger partial charge on any atom is 0.220 e. The molecule has 1 amide bonds. The van der Waals surface area contributed by atoms with Gasteiger partial charge in [-0.1, -0.05) is 20.8 Å². The van der Waals surface area contributed by atoms with Gasteiger partial charge < -0.3 is 5.32 Å². The summed E-state index contributed by atoms with van der Waals surface area (Å²) in [5.41, 5.74) is 1.14. The monoisotopic (exact) mass is 249 g/mol. The molecular formula is C16H27NO. The largest absolute Gasteiger partial charge is 0.351 e. The second kappa shape index (κ2) is 3.74. The van der Waals surface area contributed by atoms with Crippen molar-refractivity contribution in [3.8, 4) is 0 Å². The van der Waals surface area contributed by atoms with Crippen molar-refractivity contribution >= 4 is 5.91 Å². The van der Waals surface area contributed by atoms with Crippen molar-refractivity contribution in [3.05, 3.63) is 0 Å². The summed E-state index contributed by atoms with van der Waals surface area (Å²) in [6.07, 6.45) is 9.51. The zero-order valence-electron chi connectivity index (χ0n) is 12.1. The molecule has 0 aromatic heterocycles. The van der Waals surface area contributed by atoms with Crippen molar-refractivity contribution in [3.63, 3.8) is 0 Å². The molecule has 1 N–H and O–H groups in total.